The molecule has 0 bridgehead atoms. The molecule has 228 valence electrons. The van der Waals surface area contributed by atoms with Gasteiger partial charge in [-0.3, -0.25) is 23.6 Å². The van der Waals surface area contributed by atoms with Crippen molar-refractivity contribution in [2.75, 3.05) is 39.6 Å². The van der Waals surface area contributed by atoms with E-state index in [0.29, 0.717) is 35.6 Å². The Hall–Kier alpha value is -2.78. The maximum Gasteiger partial charge on any atom is 0.346 e. The zero-order chi connectivity index (χ0) is 30.3. The monoisotopic (exact) mass is 620 g/mol. The van der Waals surface area contributed by atoms with Crippen molar-refractivity contribution in [3.8, 4) is 5.75 Å². The Balaban J connectivity index is 1.46. The van der Waals surface area contributed by atoms with Gasteiger partial charge in [0.1, 0.15) is 5.75 Å². The highest BCUT2D eigenvalue weighted by atomic mass is 31.2. The zero-order valence-electron chi connectivity index (χ0n) is 24.4. The van der Waals surface area contributed by atoms with Gasteiger partial charge in [0.15, 0.2) is 5.40 Å². The lowest BCUT2D eigenvalue weighted by molar-refractivity contribution is 0.0646. The van der Waals surface area contributed by atoms with Crippen molar-refractivity contribution in [1.82, 2.24) is 9.88 Å². The molecule has 3 aromatic rings. The van der Waals surface area contributed by atoms with Crippen LogP contribution in [0.5, 0.6) is 5.75 Å². The molecule has 11 nitrogen and oxygen atoms in total. The van der Waals surface area contributed by atoms with Crippen LogP contribution in [0.25, 0.3) is 10.9 Å². The fourth-order valence-corrected chi connectivity index (χ4v) is 10.3. The molecule has 13 heteroatoms. The predicted octanol–water partition coefficient (Wildman–Crippen LogP) is 6.63. The molecule has 42 heavy (non-hydrogen) atoms. The van der Waals surface area contributed by atoms with Gasteiger partial charge in [0, 0.05) is 30.2 Å². The molecule has 0 aliphatic carbocycles. The van der Waals surface area contributed by atoms with E-state index in [4.69, 9.17) is 22.8 Å². The van der Waals surface area contributed by atoms with Crippen LogP contribution >= 0.6 is 15.2 Å². The van der Waals surface area contributed by atoms with Gasteiger partial charge in [0.25, 0.3) is 11.8 Å². The number of hydrogen-bond donors (Lipinski definition) is 1. The van der Waals surface area contributed by atoms with Gasteiger partial charge >= 0.3 is 15.2 Å². The highest BCUT2D eigenvalue weighted by Crippen LogP contribution is 2.71. The zero-order valence-corrected chi connectivity index (χ0v) is 26.2. The number of ether oxygens (including phenoxy) is 1. The summed E-state index contributed by atoms with van der Waals surface area (Å²) in [6, 6.07) is 14.2. The molecule has 0 spiro atoms. The average molecular weight is 621 g/mol. The molecule has 1 aromatic heterocycles. The molecule has 1 aliphatic rings. The number of nitrogens with one attached hydrogen (secondary N) is 1. The van der Waals surface area contributed by atoms with Crippen LogP contribution in [0.15, 0.2) is 48.5 Å². The van der Waals surface area contributed by atoms with Crippen molar-refractivity contribution in [2.24, 2.45) is 0 Å². The Kier molecular flexibility index (Phi) is 10.8. The van der Waals surface area contributed by atoms with E-state index in [0.717, 1.165) is 10.9 Å². The van der Waals surface area contributed by atoms with E-state index >= 15 is 0 Å². The van der Waals surface area contributed by atoms with Crippen molar-refractivity contribution in [3.63, 3.8) is 0 Å². The van der Waals surface area contributed by atoms with E-state index in [1.54, 1.807) is 52.0 Å². The van der Waals surface area contributed by atoms with Crippen molar-refractivity contribution >= 4 is 37.9 Å². The van der Waals surface area contributed by atoms with Crippen LogP contribution in [0, 0.1) is 0 Å². The summed E-state index contributed by atoms with van der Waals surface area (Å²) in [4.78, 5) is 29.7. The van der Waals surface area contributed by atoms with Crippen LogP contribution in [0.3, 0.4) is 0 Å². The Bertz CT molecular complexity index is 1420. The van der Waals surface area contributed by atoms with Gasteiger partial charge in [-0.1, -0.05) is 12.1 Å². The lowest BCUT2D eigenvalue weighted by Gasteiger charge is -2.31. The van der Waals surface area contributed by atoms with Gasteiger partial charge in [0.05, 0.1) is 44.2 Å². The second-order valence-corrected chi connectivity index (χ2v) is 14.3. The van der Waals surface area contributed by atoms with Crippen molar-refractivity contribution in [3.05, 3.63) is 65.4 Å². The van der Waals surface area contributed by atoms with Crippen LogP contribution < -0.4 is 4.74 Å². The average Bonchev–Trinajstić information content (AvgIpc) is 3.48. The Morgan fingerprint density at radius 2 is 1.33 bits per heavy atom. The van der Waals surface area contributed by atoms with Gasteiger partial charge in [-0.2, -0.15) is 0 Å². The first-order valence-corrected chi connectivity index (χ1v) is 17.4. The van der Waals surface area contributed by atoms with Crippen LogP contribution in [0.2, 0.25) is 0 Å². The van der Waals surface area contributed by atoms with Gasteiger partial charge < -0.3 is 27.8 Å². The minimum absolute atomic E-state index is 0.0414. The first kappa shape index (κ1) is 32.1. The molecule has 0 unspecified atom stereocenters. The van der Waals surface area contributed by atoms with Gasteiger partial charge in [-0.05, 0) is 69.8 Å². The molecule has 1 N–H and O–H groups in total. The molecule has 2 amide bonds. The van der Waals surface area contributed by atoms with Crippen LogP contribution in [0.4, 0.5) is 0 Å². The van der Waals surface area contributed by atoms with Crippen molar-refractivity contribution in [2.45, 2.75) is 45.9 Å². The molecule has 0 radical (unpaired) electrons. The number of hydrogen-bond acceptors (Lipinski definition) is 9. The summed E-state index contributed by atoms with van der Waals surface area (Å²) in [6.07, 6.45) is 0.509. The van der Waals surface area contributed by atoms with E-state index < -0.39 is 20.6 Å². The Labute approximate surface area is 245 Å². The number of nitrogens with zero attached hydrogens (tertiary/aromatic N) is 1. The Morgan fingerprint density at radius 3 is 1.86 bits per heavy atom. The molecule has 4 rings (SSSR count). The fourth-order valence-electron chi connectivity index (χ4n) is 4.95. The minimum Gasteiger partial charge on any atom is -0.493 e. The molecule has 1 aliphatic heterocycles. The summed E-state index contributed by atoms with van der Waals surface area (Å²) in [6.45, 7) is 7.74. The number of benzene rings is 2. The van der Waals surface area contributed by atoms with E-state index in [1.165, 1.54) is 4.90 Å². The van der Waals surface area contributed by atoms with Crippen LogP contribution in [-0.2, 0) is 33.6 Å². The lowest BCUT2D eigenvalue weighted by atomic mass is 10.1. The number of rotatable bonds is 17. The SMILES string of the molecule is CCOP(=O)(OCC)C(Cc1cc2ccc(OCCCN3C(=O)c4ccccc4C3=O)cc2[nH]1)P(=O)(OCC)OCC. The first-order valence-electron chi connectivity index (χ1n) is 14.2. The quantitative estimate of drug-likeness (QED) is 0.100. The molecule has 2 aromatic carbocycles. The smallest absolute Gasteiger partial charge is 0.346 e. The number of carbonyl (C=O) groups is 2. The number of amides is 2. The molecule has 0 saturated heterocycles. The van der Waals surface area contributed by atoms with E-state index in [1.807, 2.05) is 24.3 Å². The third kappa shape index (κ3) is 6.88. The fraction of sp³-hybridized carbons (Fsp3) is 0.448. The van der Waals surface area contributed by atoms with Crippen molar-refractivity contribution in [1.29, 1.82) is 0 Å². The predicted molar refractivity (Wildman–Crippen MR) is 159 cm³/mol. The summed E-state index contributed by atoms with van der Waals surface area (Å²) < 4.78 is 56.0. The van der Waals surface area contributed by atoms with Crippen LogP contribution in [0.1, 0.15) is 60.5 Å². The normalized spacial score (nSPS) is 13.9. The number of imide groups is 1. The summed E-state index contributed by atoms with van der Waals surface area (Å²) in [5, 5.41) is -0.303. The molecular formula is C29H38N2O9P2. The van der Waals surface area contributed by atoms with E-state index in [-0.39, 0.29) is 51.2 Å². The minimum atomic E-state index is -3.89. The number of aromatic nitrogens is 1. The Morgan fingerprint density at radius 1 is 0.786 bits per heavy atom. The third-order valence-corrected chi connectivity index (χ3v) is 12.7. The molecule has 0 saturated carbocycles. The number of H-pyrrole nitrogens is 1. The third-order valence-electron chi connectivity index (χ3n) is 6.69. The molecule has 0 fully saturated rings. The van der Waals surface area contributed by atoms with Gasteiger partial charge in [-0.25, -0.2) is 0 Å². The summed E-state index contributed by atoms with van der Waals surface area (Å²) >= 11 is 0. The van der Waals surface area contributed by atoms with Crippen molar-refractivity contribution < 1.29 is 41.6 Å². The molecule has 2 heterocycles. The van der Waals surface area contributed by atoms with Gasteiger partial charge in [-0.15, -0.1) is 0 Å². The number of carbonyl (C=O) groups excluding carboxylic acids is 2. The van der Waals surface area contributed by atoms with E-state index in [2.05, 4.69) is 4.98 Å². The molecule has 0 atom stereocenters. The number of fused-ring (bicyclic) bond motifs is 2. The largest absolute Gasteiger partial charge is 0.493 e. The van der Waals surface area contributed by atoms with Gasteiger partial charge in [0.2, 0.25) is 0 Å². The highest BCUT2D eigenvalue weighted by Gasteiger charge is 2.51. The summed E-state index contributed by atoms with van der Waals surface area (Å²) in [7, 11) is -7.79. The second kappa shape index (κ2) is 14.1. The second-order valence-electron chi connectivity index (χ2n) is 9.49. The number of aromatic amines is 1. The summed E-state index contributed by atoms with van der Waals surface area (Å²) in [5.74, 6) is 0.0229. The van der Waals surface area contributed by atoms with Crippen LogP contribution in [-0.4, -0.2) is 66.7 Å². The first-order chi connectivity index (χ1) is 20.2. The topological polar surface area (TPSA) is 133 Å². The lowest BCUT2D eigenvalue weighted by Crippen LogP contribution is -2.31. The summed E-state index contributed by atoms with van der Waals surface area (Å²) in [5.41, 5.74) is 2.26. The molecular weight excluding hydrogens is 582 g/mol. The highest BCUT2D eigenvalue weighted by molar-refractivity contribution is 7.72. The maximum absolute atomic E-state index is 13.9. The standard InChI is InChI=1S/C29H38N2O9P2/c1-5-37-41(34,38-6-2)27(42(35,39-7-3)40-8-4)19-22-18-21-14-15-23(20-26(21)30-22)36-17-11-16-31-28(32)24-12-9-10-13-25(24)29(31)33/h9-10,12-15,18,20,27,30H,5-8,11,16-17,19H2,1-4H3. The maximum atomic E-state index is 13.9. The van der Waals surface area contributed by atoms with E-state index in [9.17, 15) is 18.7 Å².